The molecule has 0 N–H and O–H groups in total. The molecule has 1 unspecified atom stereocenters. The maximum atomic E-state index is 13.8. The predicted octanol–water partition coefficient (Wildman–Crippen LogP) is 4.88. The molecule has 0 saturated carbocycles. The van der Waals surface area contributed by atoms with E-state index in [-0.39, 0.29) is 11.2 Å². The molecule has 1 aliphatic rings. The van der Waals surface area contributed by atoms with Crippen molar-refractivity contribution in [1.29, 1.82) is 0 Å². The third kappa shape index (κ3) is 3.34. The smallest absolute Gasteiger partial charge is 0.331 e. The van der Waals surface area contributed by atoms with Crippen molar-refractivity contribution in [3.8, 4) is 28.4 Å². The highest BCUT2D eigenvalue weighted by Gasteiger charge is 2.36. The van der Waals surface area contributed by atoms with Crippen LogP contribution < -0.4 is 20.7 Å². The summed E-state index contributed by atoms with van der Waals surface area (Å²) in [5.41, 5.74) is 5.03. The largest absolute Gasteiger partial charge is 0.494 e. The zero-order valence-electron chi connectivity index (χ0n) is 21.2. The van der Waals surface area contributed by atoms with E-state index in [9.17, 15) is 9.59 Å². The Kier molecular flexibility index (Phi) is 5.30. The molecule has 0 fully saturated rings. The lowest BCUT2D eigenvalue weighted by Crippen LogP contribution is -2.37. The molecule has 0 bridgehead atoms. The fourth-order valence-corrected chi connectivity index (χ4v) is 5.34. The Labute approximate surface area is 213 Å². The molecule has 0 radical (unpaired) electrons. The first kappa shape index (κ1) is 22.9. The predicted molar refractivity (Wildman–Crippen MR) is 144 cm³/mol. The molecule has 7 nitrogen and oxygen atoms in total. The SMILES string of the molecule is CCOc1ccc(C2Oc3ccccc3-n3c(-c4ccccc4C)c4c(=O)n(C)c(=O)n(C)c4c32)cc1. The lowest BCUT2D eigenvalue weighted by atomic mass is 10.0. The number of benzene rings is 3. The summed E-state index contributed by atoms with van der Waals surface area (Å²) < 4.78 is 17.1. The highest BCUT2D eigenvalue weighted by Crippen LogP contribution is 2.47. The van der Waals surface area contributed by atoms with E-state index in [4.69, 9.17) is 9.47 Å². The van der Waals surface area contributed by atoms with Crippen molar-refractivity contribution in [2.24, 2.45) is 14.1 Å². The maximum Gasteiger partial charge on any atom is 0.331 e. The second-order valence-corrected chi connectivity index (χ2v) is 9.28. The topological polar surface area (TPSA) is 67.4 Å². The van der Waals surface area contributed by atoms with Gasteiger partial charge in [0.25, 0.3) is 5.56 Å². The van der Waals surface area contributed by atoms with E-state index in [0.29, 0.717) is 23.3 Å². The summed E-state index contributed by atoms with van der Waals surface area (Å²) >= 11 is 0. The molecule has 0 spiro atoms. The maximum absolute atomic E-state index is 13.8. The molecule has 3 aromatic carbocycles. The van der Waals surface area contributed by atoms with E-state index in [1.165, 1.54) is 11.6 Å². The average Bonchev–Trinajstić information content (AvgIpc) is 3.27. The van der Waals surface area contributed by atoms with Crippen LogP contribution in [0.2, 0.25) is 0 Å². The van der Waals surface area contributed by atoms with Crippen LogP contribution in [0.3, 0.4) is 0 Å². The number of nitrogens with zero attached hydrogens (tertiary/aromatic N) is 3. The van der Waals surface area contributed by atoms with Gasteiger partial charge >= 0.3 is 5.69 Å². The minimum absolute atomic E-state index is 0.332. The summed E-state index contributed by atoms with van der Waals surface area (Å²) in [4.78, 5) is 26.9. The molecule has 0 amide bonds. The highest BCUT2D eigenvalue weighted by molar-refractivity contribution is 5.98. The molecule has 2 aromatic heterocycles. The molecule has 5 aromatic rings. The molecule has 1 atom stereocenters. The Morgan fingerprint density at radius 2 is 1.59 bits per heavy atom. The van der Waals surface area contributed by atoms with E-state index in [1.807, 2.05) is 86.6 Å². The van der Waals surface area contributed by atoms with Crippen LogP contribution in [0.5, 0.6) is 11.5 Å². The first-order valence-electron chi connectivity index (χ1n) is 12.3. The van der Waals surface area contributed by atoms with Crippen LogP contribution in [0.4, 0.5) is 0 Å². The van der Waals surface area contributed by atoms with Crippen LogP contribution >= 0.6 is 0 Å². The summed E-state index contributed by atoms with van der Waals surface area (Å²) in [6.45, 7) is 4.55. The van der Waals surface area contributed by atoms with Crippen molar-refractivity contribution >= 4 is 10.9 Å². The normalized spacial score (nSPS) is 14.2. The van der Waals surface area contributed by atoms with Crippen LogP contribution in [0.25, 0.3) is 27.8 Å². The number of hydrogen-bond donors (Lipinski definition) is 0. The number of rotatable bonds is 4. The Morgan fingerprint density at radius 3 is 2.32 bits per heavy atom. The van der Waals surface area contributed by atoms with Gasteiger partial charge in [-0.3, -0.25) is 13.9 Å². The van der Waals surface area contributed by atoms with Gasteiger partial charge in [0, 0.05) is 19.7 Å². The van der Waals surface area contributed by atoms with E-state index in [2.05, 4.69) is 4.57 Å². The summed E-state index contributed by atoms with van der Waals surface area (Å²) in [5, 5.41) is 0.491. The van der Waals surface area contributed by atoms with Gasteiger partial charge in [-0.05, 0) is 49.2 Å². The second kappa shape index (κ2) is 8.55. The fraction of sp³-hybridized carbons (Fsp3) is 0.200. The summed E-state index contributed by atoms with van der Waals surface area (Å²) in [5.74, 6) is 1.47. The average molecular weight is 494 g/mol. The van der Waals surface area contributed by atoms with E-state index < -0.39 is 6.10 Å². The molecule has 6 rings (SSSR count). The number of aryl methyl sites for hydroxylation is 2. The van der Waals surface area contributed by atoms with Crippen LogP contribution in [0.1, 0.15) is 29.8 Å². The number of fused-ring (bicyclic) bond motifs is 5. The van der Waals surface area contributed by atoms with Crippen LogP contribution in [-0.2, 0) is 14.1 Å². The Morgan fingerprint density at radius 1 is 0.892 bits per heavy atom. The fourth-order valence-electron chi connectivity index (χ4n) is 5.34. The molecular formula is C30H27N3O4. The third-order valence-electron chi connectivity index (χ3n) is 7.10. The number of aromatic nitrogens is 3. The van der Waals surface area contributed by atoms with Gasteiger partial charge in [-0.15, -0.1) is 0 Å². The van der Waals surface area contributed by atoms with E-state index >= 15 is 0 Å². The van der Waals surface area contributed by atoms with Crippen molar-refractivity contribution < 1.29 is 9.47 Å². The Hall–Kier alpha value is -4.52. The van der Waals surface area contributed by atoms with Gasteiger partial charge in [0.1, 0.15) is 11.5 Å². The van der Waals surface area contributed by atoms with Gasteiger partial charge in [0.15, 0.2) is 6.10 Å². The minimum Gasteiger partial charge on any atom is -0.494 e. The Bertz CT molecular complexity index is 1790. The van der Waals surface area contributed by atoms with Crippen LogP contribution in [-0.4, -0.2) is 20.3 Å². The summed E-state index contributed by atoms with van der Waals surface area (Å²) in [6, 6.07) is 23.6. The summed E-state index contributed by atoms with van der Waals surface area (Å²) in [6.07, 6.45) is -0.552. The van der Waals surface area contributed by atoms with Gasteiger partial charge in [0.2, 0.25) is 0 Å². The zero-order valence-corrected chi connectivity index (χ0v) is 21.2. The van der Waals surface area contributed by atoms with E-state index in [0.717, 1.165) is 39.5 Å². The first-order chi connectivity index (χ1) is 17.9. The van der Waals surface area contributed by atoms with E-state index in [1.54, 1.807) is 11.6 Å². The highest BCUT2D eigenvalue weighted by atomic mass is 16.5. The van der Waals surface area contributed by atoms with Gasteiger partial charge < -0.3 is 14.0 Å². The third-order valence-corrected chi connectivity index (χ3v) is 7.10. The molecule has 37 heavy (non-hydrogen) atoms. The van der Waals surface area contributed by atoms with Crippen molar-refractivity contribution in [3.05, 3.63) is 110 Å². The van der Waals surface area contributed by atoms with Crippen LogP contribution in [0.15, 0.2) is 82.4 Å². The summed E-state index contributed by atoms with van der Waals surface area (Å²) in [7, 11) is 3.24. The van der Waals surface area contributed by atoms with Gasteiger partial charge in [-0.2, -0.15) is 0 Å². The Balaban J connectivity index is 1.80. The van der Waals surface area contributed by atoms with Gasteiger partial charge in [-0.1, -0.05) is 48.5 Å². The quantitative estimate of drug-likeness (QED) is 0.358. The zero-order chi connectivity index (χ0) is 25.8. The van der Waals surface area contributed by atoms with Crippen molar-refractivity contribution in [1.82, 2.24) is 13.7 Å². The monoisotopic (exact) mass is 493 g/mol. The first-order valence-corrected chi connectivity index (χ1v) is 12.3. The molecule has 7 heteroatoms. The second-order valence-electron chi connectivity index (χ2n) is 9.28. The van der Waals surface area contributed by atoms with Crippen molar-refractivity contribution in [3.63, 3.8) is 0 Å². The number of para-hydroxylation sites is 2. The van der Waals surface area contributed by atoms with Crippen LogP contribution in [0, 0.1) is 6.92 Å². The molecule has 0 aliphatic carbocycles. The lowest BCUT2D eigenvalue weighted by molar-refractivity contribution is 0.229. The minimum atomic E-state index is -0.552. The van der Waals surface area contributed by atoms with Crippen molar-refractivity contribution in [2.75, 3.05) is 6.61 Å². The molecule has 1 aliphatic heterocycles. The number of ether oxygens (including phenoxy) is 2. The molecule has 186 valence electrons. The van der Waals surface area contributed by atoms with Crippen molar-refractivity contribution in [2.45, 2.75) is 20.0 Å². The standard InChI is InChI=1S/C30H27N3O4/c1-5-36-20-16-14-19(15-17-20)28-27-26-24(29(34)32(4)30(35)31(26)3)25(21-11-7-6-10-18(21)2)33(27)22-12-8-9-13-23(22)37-28/h6-17,28H,5H2,1-4H3. The molecular weight excluding hydrogens is 466 g/mol. The number of hydrogen-bond acceptors (Lipinski definition) is 4. The van der Waals surface area contributed by atoms with Gasteiger partial charge in [0.05, 0.1) is 34.6 Å². The lowest BCUT2D eigenvalue weighted by Gasteiger charge is -2.30. The molecule has 0 saturated heterocycles. The molecule has 3 heterocycles. The van der Waals surface area contributed by atoms with Gasteiger partial charge in [-0.25, -0.2) is 4.79 Å².